The van der Waals surface area contributed by atoms with Crippen LogP contribution in [0.4, 0.5) is 0 Å². The lowest BCUT2D eigenvalue weighted by Gasteiger charge is -2.30. The lowest BCUT2D eigenvalue weighted by atomic mass is 9.98. The number of carboxylic acids is 1. The van der Waals surface area contributed by atoms with Crippen LogP contribution >= 0.6 is 0 Å². The number of hydrogen-bond acceptors (Lipinski definition) is 3. The van der Waals surface area contributed by atoms with Crippen molar-refractivity contribution in [2.75, 3.05) is 13.1 Å². The molecule has 0 bridgehead atoms. The van der Waals surface area contributed by atoms with Crippen molar-refractivity contribution in [3.05, 3.63) is 29.6 Å². The molecule has 0 aliphatic carbocycles. The highest BCUT2D eigenvalue weighted by atomic mass is 16.4. The molecule has 1 saturated heterocycles. The normalized spacial score (nSPS) is 19.2. The lowest BCUT2D eigenvalue weighted by Crippen LogP contribution is -2.42. The van der Waals surface area contributed by atoms with Crippen molar-refractivity contribution in [1.82, 2.24) is 9.88 Å². The Labute approximate surface area is 112 Å². The third-order valence-electron chi connectivity index (χ3n) is 3.51. The zero-order valence-corrected chi connectivity index (χ0v) is 11.0. The van der Waals surface area contributed by atoms with Crippen LogP contribution in [0.2, 0.25) is 0 Å². The first kappa shape index (κ1) is 13.5. The third kappa shape index (κ3) is 3.10. The van der Waals surface area contributed by atoms with Gasteiger partial charge in [0.05, 0.1) is 5.92 Å². The summed E-state index contributed by atoms with van der Waals surface area (Å²) in [5.41, 5.74) is 1.47. The van der Waals surface area contributed by atoms with E-state index in [9.17, 15) is 9.59 Å². The quantitative estimate of drug-likeness (QED) is 0.897. The molecule has 0 saturated carbocycles. The molecule has 1 atom stereocenters. The van der Waals surface area contributed by atoms with Gasteiger partial charge in [0.25, 0.3) is 5.91 Å². The molecule has 0 spiro atoms. The van der Waals surface area contributed by atoms with Gasteiger partial charge in [-0.3, -0.25) is 14.6 Å². The maximum Gasteiger partial charge on any atom is 0.308 e. The van der Waals surface area contributed by atoms with Gasteiger partial charge >= 0.3 is 5.97 Å². The summed E-state index contributed by atoms with van der Waals surface area (Å²) in [7, 11) is 0. The molecule has 1 amide bonds. The van der Waals surface area contributed by atoms with E-state index in [-0.39, 0.29) is 12.5 Å². The fourth-order valence-electron chi connectivity index (χ4n) is 2.34. The number of amides is 1. The van der Waals surface area contributed by atoms with Crippen molar-refractivity contribution < 1.29 is 14.7 Å². The van der Waals surface area contributed by atoms with E-state index in [0.717, 1.165) is 18.4 Å². The summed E-state index contributed by atoms with van der Waals surface area (Å²) < 4.78 is 0. The van der Waals surface area contributed by atoms with E-state index < -0.39 is 11.9 Å². The molecule has 1 fully saturated rings. The number of hydrogen-bond donors (Lipinski definition) is 1. The number of carbonyl (C=O) groups is 2. The summed E-state index contributed by atoms with van der Waals surface area (Å²) in [4.78, 5) is 29.0. The Bertz CT molecular complexity index is 487. The highest BCUT2D eigenvalue weighted by Crippen LogP contribution is 2.18. The number of carboxylic acid groups (broad SMARTS) is 1. The van der Waals surface area contributed by atoms with Crippen LogP contribution in [0.1, 0.15) is 35.8 Å². The van der Waals surface area contributed by atoms with Crippen LogP contribution in [0.25, 0.3) is 0 Å². The van der Waals surface area contributed by atoms with Gasteiger partial charge in [0.1, 0.15) is 5.69 Å². The number of pyridine rings is 1. The molecule has 2 rings (SSSR count). The average Bonchev–Trinajstić information content (AvgIpc) is 2.46. The summed E-state index contributed by atoms with van der Waals surface area (Å²) in [6.07, 6.45) is 3.85. The Hall–Kier alpha value is -1.91. The molecule has 1 aliphatic rings. The number of aromatic nitrogens is 1. The number of aryl methyl sites for hydroxylation is 1. The molecule has 0 aromatic carbocycles. The third-order valence-corrected chi connectivity index (χ3v) is 3.51. The van der Waals surface area contributed by atoms with E-state index in [1.165, 1.54) is 0 Å². The Morgan fingerprint density at radius 2 is 2.32 bits per heavy atom. The Morgan fingerprint density at radius 1 is 1.53 bits per heavy atom. The van der Waals surface area contributed by atoms with Crippen LogP contribution < -0.4 is 0 Å². The molecule has 19 heavy (non-hydrogen) atoms. The minimum Gasteiger partial charge on any atom is -0.481 e. The van der Waals surface area contributed by atoms with E-state index in [2.05, 4.69) is 4.98 Å². The molecule has 1 N–H and O–H groups in total. The van der Waals surface area contributed by atoms with Crippen molar-refractivity contribution >= 4 is 11.9 Å². The molecular weight excluding hydrogens is 244 g/mol. The van der Waals surface area contributed by atoms with Crippen molar-refractivity contribution in [2.45, 2.75) is 26.2 Å². The van der Waals surface area contributed by atoms with Crippen molar-refractivity contribution in [3.8, 4) is 0 Å². The number of nitrogens with zero attached hydrogens (tertiary/aromatic N) is 2. The number of piperidine rings is 1. The first-order chi connectivity index (χ1) is 9.11. The van der Waals surface area contributed by atoms with Gasteiger partial charge in [-0.25, -0.2) is 0 Å². The van der Waals surface area contributed by atoms with Gasteiger partial charge in [-0.05, 0) is 37.0 Å². The first-order valence-electron chi connectivity index (χ1n) is 6.58. The number of rotatable bonds is 3. The van der Waals surface area contributed by atoms with Gasteiger partial charge in [-0.15, -0.1) is 0 Å². The fraction of sp³-hybridized carbons (Fsp3) is 0.500. The molecular formula is C14H18N2O3. The second-order valence-electron chi connectivity index (χ2n) is 4.83. The van der Waals surface area contributed by atoms with E-state index in [0.29, 0.717) is 18.7 Å². The van der Waals surface area contributed by atoms with Gasteiger partial charge in [-0.2, -0.15) is 0 Å². The van der Waals surface area contributed by atoms with Crippen molar-refractivity contribution in [1.29, 1.82) is 0 Å². The topological polar surface area (TPSA) is 70.5 Å². The summed E-state index contributed by atoms with van der Waals surface area (Å²) in [6, 6.07) is 3.67. The standard InChI is InChI=1S/C14H18N2O3/c1-2-10-5-6-15-12(8-10)13(17)16-7-3-4-11(9-16)14(18)19/h5-6,8,11H,2-4,7,9H2,1H3,(H,18,19). The highest BCUT2D eigenvalue weighted by molar-refractivity contribution is 5.92. The number of aliphatic carboxylic acids is 1. The molecule has 1 aliphatic heterocycles. The van der Waals surface area contributed by atoms with Crippen molar-refractivity contribution in [3.63, 3.8) is 0 Å². The second-order valence-corrected chi connectivity index (χ2v) is 4.83. The van der Waals surface area contributed by atoms with Crippen LogP contribution in [0.3, 0.4) is 0 Å². The average molecular weight is 262 g/mol. The molecule has 1 unspecified atom stereocenters. The zero-order valence-electron chi connectivity index (χ0n) is 11.0. The van der Waals surface area contributed by atoms with Crippen LogP contribution in [0.15, 0.2) is 18.3 Å². The second kappa shape index (κ2) is 5.82. The molecule has 102 valence electrons. The monoisotopic (exact) mass is 262 g/mol. The molecule has 2 heterocycles. The Morgan fingerprint density at radius 3 is 3.00 bits per heavy atom. The maximum atomic E-state index is 12.3. The zero-order chi connectivity index (χ0) is 13.8. The summed E-state index contributed by atoms with van der Waals surface area (Å²) >= 11 is 0. The summed E-state index contributed by atoms with van der Waals surface area (Å²) in [6.45, 7) is 2.91. The van der Waals surface area contributed by atoms with Gasteiger partial charge < -0.3 is 10.0 Å². The largest absolute Gasteiger partial charge is 0.481 e. The molecule has 1 aromatic rings. The fourth-order valence-corrected chi connectivity index (χ4v) is 2.34. The summed E-state index contributed by atoms with van der Waals surface area (Å²) in [5.74, 6) is -1.44. The predicted octanol–water partition coefficient (Wildman–Crippen LogP) is 1.58. The van der Waals surface area contributed by atoms with Crippen LogP contribution in [0, 0.1) is 5.92 Å². The van der Waals surface area contributed by atoms with E-state index >= 15 is 0 Å². The van der Waals surface area contributed by atoms with Crippen molar-refractivity contribution in [2.24, 2.45) is 5.92 Å². The van der Waals surface area contributed by atoms with E-state index in [4.69, 9.17) is 5.11 Å². The van der Waals surface area contributed by atoms with E-state index in [1.54, 1.807) is 17.2 Å². The van der Waals surface area contributed by atoms with Gasteiger partial charge in [0.2, 0.25) is 0 Å². The Balaban J connectivity index is 2.12. The Kier molecular flexibility index (Phi) is 4.14. The molecule has 0 radical (unpaired) electrons. The van der Waals surface area contributed by atoms with E-state index in [1.807, 2.05) is 13.0 Å². The van der Waals surface area contributed by atoms with Crippen LogP contribution in [-0.4, -0.2) is 40.0 Å². The van der Waals surface area contributed by atoms with Gasteiger partial charge in [0.15, 0.2) is 0 Å². The highest BCUT2D eigenvalue weighted by Gasteiger charge is 2.29. The number of carbonyl (C=O) groups excluding carboxylic acids is 1. The van der Waals surface area contributed by atoms with Gasteiger partial charge in [-0.1, -0.05) is 6.92 Å². The molecule has 5 nitrogen and oxygen atoms in total. The van der Waals surface area contributed by atoms with Gasteiger partial charge in [0, 0.05) is 19.3 Å². The maximum absolute atomic E-state index is 12.3. The minimum atomic E-state index is -0.826. The van der Waals surface area contributed by atoms with Crippen LogP contribution in [0.5, 0.6) is 0 Å². The molecule has 1 aromatic heterocycles. The first-order valence-corrected chi connectivity index (χ1v) is 6.58. The predicted molar refractivity (Wildman–Crippen MR) is 69.9 cm³/mol. The minimum absolute atomic E-state index is 0.166. The van der Waals surface area contributed by atoms with Crippen LogP contribution in [-0.2, 0) is 11.2 Å². The number of likely N-dealkylation sites (tertiary alicyclic amines) is 1. The smallest absolute Gasteiger partial charge is 0.308 e. The SMILES string of the molecule is CCc1ccnc(C(=O)N2CCCC(C(=O)O)C2)c1. The molecule has 5 heteroatoms. The lowest BCUT2D eigenvalue weighted by molar-refractivity contribution is -0.143. The summed E-state index contributed by atoms with van der Waals surface area (Å²) in [5, 5.41) is 9.04.